The van der Waals surface area contributed by atoms with Gasteiger partial charge in [0.05, 0.1) is 5.52 Å². The number of para-hydroxylation sites is 1. The first kappa shape index (κ1) is 13.9. The molecule has 106 valence electrons. The van der Waals surface area contributed by atoms with Crippen molar-refractivity contribution in [3.63, 3.8) is 0 Å². The average molecular weight is 299 g/mol. The molecule has 0 fully saturated rings. The molecule has 4 heteroatoms. The third-order valence-corrected chi connectivity index (χ3v) is 3.58. The molecule has 1 heterocycles. The molecule has 21 heavy (non-hydrogen) atoms. The number of hydrogen-bond acceptors (Lipinski definition) is 3. The molecule has 2 aromatic carbocycles. The van der Waals surface area contributed by atoms with Crippen molar-refractivity contribution in [2.75, 3.05) is 0 Å². The Labute approximate surface area is 128 Å². The Balaban J connectivity index is 1.89. The van der Waals surface area contributed by atoms with E-state index in [0.717, 1.165) is 27.8 Å². The maximum atomic E-state index is 6.02. The van der Waals surface area contributed by atoms with Gasteiger partial charge in [0.2, 0.25) is 0 Å². The highest BCUT2D eigenvalue weighted by Gasteiger charge is 2.06. The second kappa shape index (κ2) is 6.12. The Bertz CT molecular complexity index is 768. The van der Waals surface area contributed by atoms with Gasteiger partial charge in [-0.3, -0.25) is 4.98 Å². The van der Waals surface area contributed by atoms with Crippen molar-refractivity contribution in [3.05, 3.63) is 70.9 Å². The quantitative estimate of drug-likeness (QED) is 0.794. The molecule has 0 aliphatic rings. The lowest BCUT2D eigenvalue weighted by atomic mass is 10.1. The zero-order chi connectivity index (χ0) is 14.7. The zero-order valence-electron chi connectivity index (χ0n) is 11.4. The van der Waals surface area contributed by atoms with Gasteiger partial charge in [-0.2, -0.15) is 0 Å². The normalized spacial score (nSPS) is 10.8. The van der Waals surface area contributed by atoms with Gasteiger partial charge >= 0.3 is 0 Å². The van der Waals surface area contributed by atoms with Gasteiger partial charge in [-0.05, 0) is 18.2 Å². The molecule has 3 rings (SSSR count). The number of hydrogen-bond donors (Lipinski definition) is 1. The Morgan fingerprint density at radius 2 is 1.90 bits per heavy atom. The number of pyridine rings is 1. The van der Waals surface area contributed by atoms with E-state index in [1.54, 1.807) is 12.3 Å². The minimum Gasteiger partial charge on any atom is -0.488 e. The fourth-order valence-electron chi connectivity index (χ4n) is 2.27. The summed E-state index contributed by atoms with van der Waals surface area (Å²) in [6.45, 7) is 0.849. The van der Waals surface area contributed by atoms with Crippen molar-refractivity contribution in [1.29, 1.82) is 0 Å². The topological polar surface area (TPSA) is 48.1 Å². The van der Waals surface area contributed by atoms with Crippen LogP contribution in [0.3, 0.4) is 0 Å². The number of halogens is 1. The molecule has 0 bridgehead atoms. The van der Waals surface area contributed by atoms with Crippen LogP contribution >= 0.6 is 11.6 Å². The molecule has 0 aliphatic carbocycles. The fourth-order valence-corrected chi connectivity index (χ4v) is 2.43. The number of nitrogens with two attached hydrogens (primary N) is 1. The van der Waals surface area contributed by atoms with Crippen LogP contribution in [0.25, 0.3) is 10.9 Å². The van der Waals surface area contributed by atoms with E-state index in [-0.39, 0.29) is 0 Å². The molecule has 3 nitrogen and oxygen atoms in total. The average Bonchev–Trinajstić information content (AvgIpc) is 2.53. The Hall–Kier alpha value is -2.10. The summed E-state index contributed by atoms with van der Waals surface area (Å²) in [6.07, 6.45) is 1.79. The van der Waals surface area contributed by atoms with Crippen LogP contribution in [-0.2, 0) is 13.2 Å². The number of rotatable bonds is 4. The van der Waals surface area contributed by atoms with Crippen LogP contribution in [0.4, 0.5) is 0 Å². The predicted octanol–water partition coefficient (Wildman–Crippen LogP) is 3.93. The van der Waals surface area contributed by atoms with Crippen molar-refractivity contribution in [1.82, 2.24) is 4.98 Å². The molecule has 0 radical (unpaired) electrons. The minimum atomic E-state index is 0.417. The first-order valence-electron chi connectivity index (χ1n) is 6.72. The van der Waals surface area contributed by atoms with Gasteiger partial charge in [0.25, 0.3) is 0 Å². The Kier molecular flexibility index (Phi) is 4.04. The highest BCUT2D eigenvalue weighted by Crippen LogP contribution is 2.25. The van der Waals surface area contributed by atoms with Crippen LogP contribution in [0.2, 0.25) is 5.02 Å². The number of nitrogens with zero attached hydrogens (tertiary/aromatic N) is 1. The van der Waals surface area contributed by atoms with E-state index < -0.39 is 0 Å². The van der Waals surface area contributed by atoms with Crippen LogP contribution in [-0.4, -0.2) is 4.98 Å². The third kappa shape index (κ3) is 2.99. The fraction of sp³-hybridized carbons (Fsp3) is 0.118. The lowest BCUT2D eigenvalue weighted by molar-refractivity contribution is 0.304. The van der Waals surface area contributed by atoms with Gasteiger partial charge in [0.15, 0.2) is 0 Å². The van der Waals surface area contributed by atoms with Crippen LogP contribution in [0, 0.1) is 0 Å². The third-order valence-electron chi connectivity index (χ3n) is 3.35. The summed E-state index contributed by atoms with van der Waals surface area (Å²) in [4.78, 5) is 4.42. The predicted molar refractivity (Wildman–Crippen MR) is 85.4 cm³/mol. The molecule has 0 saturated heterocycles. The molecule has 0 spiro atoms. The van der Waals surface area contributed by atoms with Gasteiger partial charge in [0, 0.05) is 34.3 Å². The van der Waals surface area contributed by atoms with Crippen molar-refractivity contribution < 1.29 is 4.74 Å². The van der Waals surface area contributed by atoms with Crippen LogP contribution in [0.15, 0.2) is 54.7 Å². The van der Waals surface area contributed by atoms with Gasteiger partial charge in [-0.25, -0.2) is 0 Å². The minimum absolute atomic E-state index is 0.417. The summed E-state index contributed by atoms with van der Waals surface area (Å²) in [6, 6.07) is 15.5. The number of ether oxygens (including phenoxy) is 1. The standard InChI is InChI=1S/C17H15ClN2O/c18-15-7-6-13(10-19)16(9-15)21-11-14-4-1-3-12-5-2-8-20-17(12)14/h1-9H,10-11,19H2. The highest BCUT2D eigenvalue weighted by molar-refractivity contribution is 6.30. The lowest BCUT2D eigenvalue weighted by Crippen LogP contribution is -2.03. The highest BCUT2D eigenvalue weighted by atomic mass is 35.5. The molecule has 0 unspecified atom stereocenters. The van der Waals surface area contributed by atoms with Gasteiger partial charge in [0.1, 0.15) is 12.4 Å². The molecule has 0 atom stereocenters. The van der Waals surface area contributed by atoms with Crippen molar-refractivity contribution in [2.45, 2.75) is 13.2 Å². The monoisotopic (exact) mass is 298 g/mol. The molecule has 0 amide bonds. The smallest absolute Gasteiger partial charge is 0.125 e. The summed E-state index contributed by atoms with van der Waals surface area (Å²) in [7, 11) is 0. The summed E-state index contributed by atoms with van der Waals surface area (Å²) in [5, 5.41) is 1.74. The number of fused-ring (bicyclic) bond motifs is 1. The molecule has 0 saturated carbocycles. The Morgan fingerprint density at radius 1 is 1.05 bits per heavy atom. The van der Waals surface area contributed by atoms with Crippen molar-refractivity contribution in [2.24, 2.45) is 5.73 Å². The number of benzene rings is 2. The molecule has 2 N–H and O–H groups in total. The summed E-state index contributed by atoms with van der Waals surface area (Å²) >= 11 is 6.02. The van der Waals surface area contributed by atoms with E-state index in [4.69, 9.17) is 22.1 Å². The molecule has 1 aromatic heterocycles. The molecule has 3 aromatic rings. The second-order valence-electron chi connectivity index (χ2n) is 4.74. The van der Waals surface area contributed by atoms with Gasteiger partial charge in [-0.1, -0.05) is 41.9 Å². The second-order valence-corrected chi connectivity index (χ2v) is 5.17. The van der Waals surface area contributed by atoms with Crippen LogP contribution < -0.4 is 10.5 Å². The van der Waals surface area contributed by atoms with E-state index in [1.807, 2.05) is 42.5 Å². The van der Waals surface area contributed by atoms with Gasteiger partial charge in [-0.15, -0.1) is 0 Å². The van der Waals surface area contributed by atoms with E-state index in [2.05, 4.69) is 4.98 Å². The van der Waals surface area contributed by atoms with Crippen molar-refractivity contribution in [3.8, 4) is 5.75 Å². The van der Waals surface area contributed by atoms with Gasteiger partial charge < -0.3 is 10.5 Å². The maximum absolute atomic E-state index is 6.02. The van der Waals surface area contributed by atoms with Crippen molar-refractivity contribution >= 4 is 22.5 Å². The lowest BCUT2D eigenvalue weighted by Gasteiger charge is -2.12. The largest absolute Gasteiger partial charge is 0.488 e. The van der Waals surface area contributed by atoms with E-state index in [9.17, 15) is 0 Å². The number of aromatic nitrogens is 1. The zero-order valence-corrected chi connectivity index (χ0v) is 12.2. The van der Waals surface area contributed by atoms with Crippen LogP contribution in [0.5, 0.6) is 5.75 Å². The molecule has 0 aliphatic heterocycles. The maximum Gasteiger partial charge on any atom is 0.125 e. The Morgan fingerprint density at radius 3 is 2.76 bits per heavy atom. The van der Waals surface area contributed by atoms with E-state index >= 15 is 0 Å². The van der Waals surface area contributed by atoms with E-state index in [1.165, 1.54) is 0 Å². The first-order chi connectivity index (χ1) is 10.3. The molecular weight excluding hydrogens is 284 g/mol. The van der Waals surface area contributed by atoms with E-state index in [0.29, 0.717) is 18.2 Å². The first-order valence-corrected chi connectivity index (χ1v) is 7.09. The molecular formula is C17H15ClN2O. The summed E-state index contributed by atoms with van der Waals surface area (Å²) in [5.41, 5.74) is 8.66. The summed E-state index contributed by atoms with van der Waals surface area (Å²) in [5.74, 6) is 0.720. The van der Waals surface area contributed by atoms with Crippen LogP contribution in [0.1, 0.15) is 11.1 Å². The SMILES string of the molecule is NCc1ccc(Cl)cc1OCc1cccc2cccnc12. The summed E-state index contributed by atoms with van der Waals surface area (Å²) < 4.78 is 5.90.